The van der Waals surface area contributed by atoms with Gasteiger partial charge in [0.05, 0.1) is 18.4 Å². The Morgan fingerprint density at radius 2 is 2.12 bits per heavy atom. The molecule has 0 spiro atoms. The highest BCUT2D eigenvalue weighted by Crippen LogP contribution is 2.30. The van der Waals surface area contributed by atoms with Gasteiger partial charge in [-0.25, -0.2) is 4.68 Å². The lowest BCUT2D eigenvalue weighted by molar-refractivity contribution is 0.384. The number of nitrogen functional groups attached to an aromatic ring is 1. The standard InChI is InChI=1S/C16H20N6O2S/c1-3-4-9-13-18-14(24-21-13)10-25-16-20-19-15(22(16)17)11-7-5-6-8-12(11)23-2/h5-8H,3-4,9-10,17H2,1-2H3. The second-order valence-corrected chi connectivity index (χ2v) is 6.32. The van der Waals surface area contributed by atoms with E-state index in [1.165, 1.54) is 16.4 Å². The number of ether oxygens (including phenoxy) is 1. The molecule has 0 bridgehead atoms. The van der Waals surface area contributed by atoms with E-state index in [1.54, 1.807) is 7.11 Å². The van der Waals surface area contributed by atoms with Crippen LogP contribution in [0.15, 0.2) is 33.9 Å². The largest absolute Gasteiger partial charge is 0.496 e. The van der Waals surface area contributed by atoms with Gasteiger partial charge in [-0.1, -0.05) is 42.4 Å². The Morgan fingerprint density at radius 3 is 2.92 bits per heavy atom. The van der Waals surface area contributed by atoms with Crippen LogP contribution in [0.1, 0.15) is 31.5 Å². The van der Waals surface area contributed by atoms with Gasteiger partial charge in [0.15, 0.2) is 11.6 Å². The second-order valence-electron chi connectivity index (χ2n) is 5.37. The van der Waals surface area contributed by atoms with E-state index in [1.807, 2.05) is 24.3 Å². The Hall–Kier alpha value is -2.55. The van der Waals surface area contributed by atoms with Crippen LogP contribution in [0.5, 0.6) is 5.75 Å². The van der Waals surface area contributed by atoms with E-state index in [2.05, 4.69) is 27.3 Å². The highest BCUT2D eigenvalue weighted by Gasteiger charge is 2.16. The van der Waals surface area contributed by atoms with Gasteiger partial charge in [0.2, 0.25) is 11.0 Å². The van der Waals surface area contributed by atoms with Gasteiger partial charge in [0.1, 0.15) is 5.75 Å². The summed E-state index contributed by atoms with van der Waals surface area (Å²) >= 11 is 1.39. The van der Waals surface area contributed by atoms with Crippen LogP contribution in [-0.2, 0) is 12.2 Å². The van der Waals surface area contributed by atoms with Crippen molar-refractivity contribution in [2.75, 3.05) is 13.0 Å². The molecule has 0 saturated heterocycles. The van der Waals surface area contributed by atoms with Crippen molar-refractivity contribution in [3.63, 3.8) is 0 Å². The number of aryl methyl sites for hydroxylation is 1. The molecular formula is C16H20N6O2S. The van der Waals surface area contributed by atoms with E-state index < -0.39 is 0 Å². The monoisotopic (exact) mass is 360 g/mol. The third-order valence-corrected chi connectivity index (χ3v) is 4.53. The van der Waals surface area contributed by atoms with Gasteiger partial charge in [0, 0.05) is 6.42 Å². The number of unbranched alkanes of at least 4 members (excludes halogenated alkanes) is 1. The number of para-hydroxylation sites is 1. The number of benzene rings is 1. The van der Waals surface area contributed by atoms with Crippen molar-refractivity contribution in [1.82, 2.24) is 25.0 Å². The van der Waals surface area contributed by atoms with Crippen molar-refractivity contribution in [1.29, 1.82) is 0 Å². The van der Waals surface area contributed by atoms with Crippen LogP contribution in [0.3, 0.4) is 0 Å². The quantitative estimate of drug-likeness (QED) is 0.483. The molecule has 2 heterocycles. The van der Waals surface area contributed by atoms with Gasteiger partial charge in [-0.2, -0.15) is 4.98 Å². The molecule has 0 saturated carbocycles. The van der Waals surface area contributed by atoms with Crippen LogP contribution in [0, 0.1) is 0 Å². The first-order chi connectivity index (χ1) is 12.2. The summed E-state index contributed by atoms with van der Waals surface area (Å²) in [6.07, 6.45) is 2.97. The van der Waals surface area contributed by atoms with Crippen molar-refractivity contribution in [3.05, 3.63) is 36.0 Å². The first-order valence-electron chi connectivity index (χ1n) is 8.01. The highest BCUT2D eigenvalue weighted by molar-refractivity contribution is 7.98. The van der Waals surface area contributed by atoms with E-state index in [-0.39, 0.29) is 0 Å². The number of hydrogen-bond donors (Lipinski definition) is 1. The summed E-state index contributed by atoms with van der Waals surface area (Å²) in [7, 11) is 1.61. The first kappa shape index (κ1) is 17.3. The average molecular weight is 360 g/mol. The fraction of sp³-hybridized carbons (Fsp3) is 0.375. The zero-order valence-electron chi connectivity index (χ0n) is 14.2. The molecule has 0 radical (unpaired) electrons. The van der Waals surface area contributed by atoms with Gasteiger partial charge in [-0.05, 0) is 18.6 Å². The molecule has 0 amide bonds. The molecule has 0 fully saturated rings. The minimum atomic E-state index is 0.486. The molecule has 0 atom stereocenters. The number of nitrogens with zero attached hydrogens (tertiary/aromatic N) is 5. The Morgan fingerprint density at radius 1 is 1.28 bits per heavy atom. The number of thioether (sulfide) groups is 1. The van der Waals surface area contributed by atoms with Crippen LogP contribution in [-0.4, -0.2) is 32.1 Å². The third-order valence-electron chi connectivity index (χ3n) is 3.60. The number of rotatable bonds is 8. The summed E-state index contributed by atoms with van der Waals surface area (Å²) in [6, 6.07) is 7.53. The predicted molar refractivity (Wildman–Crippen MR) is 94.6 cm³/mol. The zero-order valence-corrected chi connectivity index (χ0v) is 15.0. The van der Waals surface area contributed by atoms with Gasteiger partial charge >= 0.3 is 0 Å². The fourth-order valence-corrected chi connectivity index (χ4v) is 2.99. The molecule has 0 aliphatic rings. The minimum absolute atomic E-state index is 0.486. The van der Waals surface area contributed by atoms with E-state index in [0.717, 1.165) is 30.7 Å². The molecule has 2 aromatic heterocycles. The summed E-state index contributed by atoms with van der Waals surface area (Å²) in [4.78, 5) is 4.37. The molecule has 132 valence electrons. The highest BCUT2D eigenvalue weighted by atomic mass is 32.2. The van der Waals surface area contributed by atoms with E-state index in [9.17, 15) is 0 Å². The molecule has 8 nitrogen and oxygen atoms in total. The summed E-state index contributed by atoms with van der Waals surface area (Å²) in [5, 5.41) is 12.9. The Kier molecular flexibility index (Phi) is 5.54. The van der Waals surface area contributed by atoms with Gasteiger partial charge in [-0.3, -0.25) is 0 Å². The summed E-state index contributed by atoms with van der Waals surface area (Å²) in [6.45, 7) is 2.13. The average Bonchev–Trinajstić information content (AvgIpc) is 3.24. The Bertz CT molecular complexity index is 832. The SMILES string of the molecule is CCCCc1noc(CSc2nnc(-c3ccccc3OC)n2N)n1. The number of nitrogens with two attached hydrogens (primary N) is 1. The van der Waals surface area contributed by atoms with Crippen molar-refractivity contribution < 1.29 is 9.26 Å². The Labute approximate surface area is 149 Å². The maximum Gasteiger partial charge on any atom is 0.237 e. The lowest BCUT2D eigenvalue weighted by Gasteiger charge is -2.07. The van der Waals surface area contributed by atoms with E-state index in [0.29, 0.717) is 28.4 Å². The third kappa shape index (κ3) is 3.93. The summed E-state index contributed by atoms with van der Waals surface area (Å²) in [5.74, 6) is 9.15. The van der Waals surface area contributed by atoms with Crippen LogP contribution < -0.4 is 10.6 Å². The van der Waals surface area contributed by atoms with Gasteiger partial charge < -0.3 is 15.1 Å². The molecule has 3 rings (SSSR count). The second kappa shape index (κ2) is 8.02. The fourth-order valence-electron chi connectivity index (χ4n) is 2.30. The molecular weight excluding hydrogens is 340 g/mol. The van der Waals surface area contributed by atoms with Crippen LogP contribution in [0.4, 0.5) is 0 Å². The van der Waals surface area contributed by atoms with Gasteiger partial charge in [0.25, 0.3) is 0 Å². The molecule has 9 heteroatoms. The number of methoxy groups -OCH3 is 1. The summed E-state index contributed by atoms with van der Waals surface area (Å²) in [5.41, 5.74) is 0.784. The summed E-state index contributed by atoms with van der Waals surface area (Å²) < 4.78 is 12.0. The van der Waals surface area contributed by atoms with E-state index >= 15 is 0 Å². The first-order valence-corrected chi connectivity index (χ1v) is 8.99. The van der Waals surface area contributed by atoms with E-state index in [4.69, 9.17) is 15.1 Å². The molecule has 2 N–H and O–H groups in total. The predicted octanol–water partition coefficient (Wildman–Crippen LogP) is 2.69. The number of hydrogen-bond acceptors (Lipinski definition) is 8. The van der Waals surface area contributed by atoms with Crippen LogP contribution in [0.2, 0.25) is 0 Å². The molecule has 0 aliphatic carbocycles. The molecule has 25 heavy (non-hydrogen) atoms. The maximum atomic E-state index is 6.14. The van der Waals surface area contributed by atoms with Crippen molar-refractivity contribution in [2.24, 2.45) is 0 Å². The van der Waals surface area contributed by atoms with Crippen molar-refractivity contribution >= 4 is 11.8 Å². The zero-order chi connectivity index (χ0) is 17.6. The lowest BCUT2D eigenvalue weighted by atomic mass is 10.2. The molecule has 3 aromatic rings. The van der Waals surface area contributed by atoms with Gasteiger partial charge in [-0.15, -0.1) is 10.2 Å². The minimum Gasteiger partial charge on any atom is -0.496 e. The normalized spacial score (nSPS) is 11.0. The van der Waals surface area contributed by atoms with Crippen molar-refractivity contribution in [3.8, 4) is 17.1 Å². The lowest BCUT2D eigenvalue weighted by Crippen LogP contribution is -2.12. The Balaban J connectivity index is 1.70. The molecule has 0 unspecified atom stereocenters. The molecule has 0 aliphatic heterocycles. The number of aromatic nitrogens is 5. The topological polar surface area (TPSA) is 105 Å². The smallest absolute Gasteiger partial charge is 0.237 e. The maximum absolute atomic E-state index is 6.14. The van der Waals surface area contributed by atoms with Crippen LogP contribution in [0.25, 0.3) is 11.4 Å². The van der Waals surface area contributed by atoms with Crippen molar-refractivity contribution in [2.45, 2.75) is 37.1 Å². The van der Waals surface area contributed by atoms with Crippen LogP contribution >= 0.6 is 11.8 Å². The molecule has 1 aromatic carbocycles.